The summed E-state index contributed by atoms with van der Waals surface area (Å²) in [5.41, 5.74) is 1.88. The predicted molar refractivity (Wildman–Crippen MR) is 121 cm³/mol. The van der Waals surface area contributed by atoms with Gasteiger partial charge < -0.3 is 14.8 Å². The maximum absolute atomic E-state index is 14.1. The van der Waals surface area contributed by atoms with Crippen molar-refractivity contribution in [2.24, 2.45) is 17.8 Å². The largest absolute Gasteiger partial charge is 0.490 e. The highest BCUT2D eigenvalue weighted by Crippen LogP contribution is 2.55. The van der Waals surface area contributed by atoms with Gasteiger partial charge in [-0.1, -0.05) is 23.7 Å². The zero-order valence-electron chi connectivity index (χ0n) is 18.1. The quantitative estimate of drug-likeness (QED) is 0.504. The van der Waals surface area contributed by atoms with Gasteiger partial charge in [0.25, 0.3) is 0 Å². The second-order valence-electron chi connectivity index (χ2n) is 9.75. The van der Waals surface area contributed by atoms with E-state index >= 15 is 0 Å². The molecule has 0 spiro atoms. The fourth-order valence-electron chi connectivity index (χ4n) is 6.49. The number of rotatable bonds is 8. The Balaban J connectivity index is 1.27. The van der Waals surface area contributed by atoms with Gasteiger partial charge >= 0.3 is 0 Å². The molecule has 4 saturated carbocycles. The van der Waals surface area contributed by atoms with E-state index in [1.165, 1.54) is 50.2 Å². The molecule has 3 nitrogen and oxygen atoms in total. The Labute approximate surface area is 189 Å². The molecule has 2 aromatic carbocycles. The highest BCUT2D eigenvalue weighted by Gasteiger charge is 2.50. The molecule has 0 unspecified atom stereocenters. The molecule has 0 atom stereocenters. The van der Waals surface area contributed by atoms with Crippen LogP contribution in [0.4, 0.5) is 4.39 Å². The molecular formula is C26H31ClFNO2. The Bertz CT molecular complexity index is 891. The number of nitrogens with one attached hydrogen (secondary N) is 1. The Morgan fingerprint density at radius 1 is 1.00 bits per heavy atom. The first-order valence-corrected chi connectivity index (χ1v) is 12.0. The van der Waals surface area contributed by atoms with Gasteiger partial charge in [-0.2, -0.15) is 0 Å². The number of hydrogen-bond donors (Lipinski definition) is 1. The normalized spacial score (nSPS) is 28.7. The molecule has 6 rings (SSSR count). The van der Waals surface area contributed by atoms with E-state index in [1.54, 1.807) is 12.1 Å². The van der Waals surface area contributed by atoms with Crippen LogP contribution in [0.5, 0.6) is 11.5 Å². The van der Waals surface area contributed by atoms with E-state index in [-0.39, 0.29) is 12.4 Å². The lowest BCUT2D eigenvalue weighted by atomic mass is 9.53. The van der Waals surface area contributed by atoms with Gasteiger partial charge in [0.1, 0.15) is 12.4 Å². The molecule has 166 valence electrons. The monoisotopic (exact) mass is 443 g/mol. The van der Waals surface area contributed by atoms with Crippen LogP contribution in [0.3, 0.4) is 0 Å². The molecule has 0 amide bonds. The van der Waals surface area contributed by atoms with Crippen LogP contribution in [0.2, 0.25) is 5.02 Å². The average molecular weight is 444 g/mol. The minimum atomic E-state index is -0.359. The van der Waals surface area contributed by atoms with Gasteiger partial charge in [-0.05, 0) is 93.0 Å². The fourth-order valence-corrected chi connectivity index (χ4v) is 6.70. The zero-order chi connectivity index (χ0) is 21.4. The summed E-state index contributed by atoms with van der Waals surface area (Å²) in [6, 6.07) is 10.7. The van der Waals surface area contributed by atoms with Crippen molar-refractivity contribution in [3.8, 4) is 11.5 Å². The van der Waals surface area contributed by atoms with Crippen LogP contribution in [0.15, 0.2) is 36.4 Å². The summed E-state index contributed by atoms with van der Waals surface area (Å²) in [4.78, 5) is 0. The SMILES string of the molecule is CCOc1cc(CNC23CC4CC(CC(C4)C2)C3)ccc1OCc1c(F)cccc1Cl. The van der Waals surface area contributed by atoms with Crippen molar-refractivity contribution >= 4 is 11.6 Å². The summed E-state index contributed by atoms with van der Waals surface area (Å²) in [5, 5.41) is 4.31. The van der Waals surface area contributed by atoms with Crippen molar-refractivity contribution in [2.75, 3.05) is 6.61 Å². The first kappa shape index (κ1) is 21.1. The first-order valence-electron chi connectivity index (χ1n) is 11.6. The number of ether oxygens (including phenoxy) is 2. The van der Waals surface area contributed by atoms with Gasteiger partial charge in [0.05, 0.1) is 11.6 Å². The van der Waals surface area contributed by atoms with E-state index in [4.69, 9.17) is 21.1 Å². The Hall–Kier alpha value is -1.78. The third kappa shape index (κ3) is 4.42. The zero-order valence-corrected chi connectivity index (χ0v) is 18.9. The van der Waals surface area contributed by atoms with Crippen LogP contribution in [0.25, 0.3) is 0 Å². The number of hydrogen-bond acceptors (Lipinski definition) is 3. The molecule has 4 bridgehead atoms. The topological polar surface area (TPSA) is 30.5 Å². The van der Waals surface area contributed by atoms with Crippen molar-refractivity contribution in [1.29, 1.82) is 0 Å². The highest BCUT2D eigenvalue weighted by molar-refractivity contribution is 6.31. The molecule has 1 N–H and O–H groups in total. The van der Waals surface area contributed by atoms with Crippen LogP contribution in [-0.2, 0) is 13.2 Å². The summed E-state index contributed by atoms with van der Waals surface area (Å²) < 4.78 is 25.8. The van der Waals surface area contributed by atoms with Crippen LogP contribution in [0.1, 0.15) is 56.6 Å². The van der Waals surface area contributed by atoms with Gasteiger partial charge in [0.2, 0.25) is 0 Å². The molecule has 4 fully saturated rings. The van der Waals surface area contributed by atoms with E-state index in [1.807, 2.05) is 13.0 Å². The van der Waals surface area contributed by atoms with Gasteiger partial charge in [-0.3, -0.25) is 0 Å². The average Bonchev–Trinajstić information content (AvgIpc) is 2.72. The standard InChI is InChI=1S/C26H31ClFNO2/c1-2-30-25-11-17(6-7-24(25)31-16-21-22(27)4-3-5-23(21)28)15-29-26-12-18-8-19(13-26)10-20(9-18)14-26/h3-7,11,18-20,29H,2,8-10,12-16H2,1H3. The summed E-state index contributed by atoms with van der Waals surface area (Å²) in [5.74, 6) is 3.73. The Morgan fingerprint density at radius 3 is 2.35 bits per heavy atom. The van der Waals surface area contributed by atoms with Gasteiger partial charge in [-0.25, -0.2) is 4.39 Å². The van der Waals surface area contributed by atoms with E-state index in [2.05, 4.69) is 17.4 Å². The van der Waals surface area contributed by atoms with E-state index in [0.29, 0.717) is 34.2 Å². The molecule has 4 aliphatic rings. The molecule has 5 heteroatoms. The third-order valence-electron chi connectivity index (χ3n) is 7.45. The smallest absolute Gasteiger partial charge is 0.161 e. The highest BCUT2D eigenvalue weighted by atomic mass is 35.5. The lowest BCUT2D eigenvalue weighted by Gasteiger charge is -2.57. The third-order valence-corrected chi connectivity index (χ3v) is 7.80. The summed E-state index contributed by atoms with van der Waals surface area (Å²) in [7, 11) is 0. The van der Waals surface area contributed by atoms with Crippen molar-refractivity contribution < 1.29 is 13.9 Å². The van der Waals surface area contributed by atoms with Gasteiger partial charge in [0, 0.05) is 17.6 Å². The number of halogens is 2. The van der Waals surface area contributed by atoms with E-state index < -0.39 is 0 Å². The first-order chi connectivity index (χ1) is 15.0. The minimum absolute atomic E-state index is 0.0659. The Morgan fingerprint density at radius 2 is 1.71 bits per heavy atom. The molecule has 2 aromatic rings. The van der Waals surface area contributed by atoms with E-state index in [0.717, 1.165) is 24.3 Å². The van der Waals surface area contributed by atoms with Crippen molar-refractivity contribution in [3.05, 3.63) is 58.4 Å². The summed E-state index contributed by atoms with van der Waals surface area (Å²) >= 11 is 6.13. The molecule has 0 heterocycles. The van der Waals surface area contributed by atoms with Crippen LogP contribution in [-0.4, -0.2) is 12.1 Å². The van der Waals surface area contributed by atoms with Gasteiger partial charge in [0.15, 0.2) is 11.5 Å². The predicted octanol–water partition coefficient (Wildman–Crippen LogP) is 6.52. The van der Waals surface area contributed by atoms with Crippen molar-refractivity contribution in [2.45, 2.75) is 64.1 Å². The molecule has 0 aliphatic heterocycles. The fraction of sp³-hybridized carbons (Fsp3) is 0.538. The lowest BCUT2D eigenvalue weighted by molar-refractivity contribution is -0.0206. The van der Waals surface area contributed by atoms with Crippen LogP contribution >= 0.6 is 11.6 Å². The van der Waals surface area contributed by atoms with Gasteiger partial charge in [-0.15, -0.1) is 0 Å². The molecule has 0 saturated heterocycles. The van der Waals surface area contributed by atoms with Crippen LogP contribution in [0, 0.1) is 23.6 Å². The maximum atomic E-state index is 14.1. The molecular weight excluding hydrogens is 413 g/mol. The summed E-state index contributed by atoms with van der Waals surface area (Å²) in [6.45, 7) is 3.41. The summed E-state index contributed by atoms with van der Waals surface area (Å²) in [6.07, 6.45) is 8.36. The lowest BCUT2D eigenvalue weighted by Crippen LogP contribution is -2.58. The Kier molecular flexibility index (Phi) is 5.87. The second kappa shape index (κ2) is 8.63. The molecule has 0 radical (unpaired) electrons. The molecule has 0 aromatic heterocycles. The van der Waals surface area contributed by atoms with Crippen molar-refractivity contribution in [3.63, 3.8) is 0 Å². The number of benzene rings is 2. The van der Waals surface area contributed by atoms with Crippen LogP contribution < -0.4 is 14.8 Å². The minimum Gasteiger partial charge on any atom is -0.490 e. The molecule has 4 aliphatic carbocycles. The second-order valence-corrected chi connectivity index (χ2v) is 10.2. The van der Waals surface area contributed by atoms with Crippen molar-refractivity contribution in [1.82, 2.24) is 5.32 Å². The molecule has 31 heavy (non-hydrogen) atoms. The maximum Gasteiger partial charge on any atom is 0.161 e. The van der Waals surface area contributed by atoms with E-state index in [9.17, 15) is 4.39 Å².